The van der Waals surface area contributed by atoms with E-state index in [2.05, 4.69) is 30.1 Å². The number of rotatable bonds is 10. The van der Waals surface area contributed by atoms with E-state index in [0.29, 0.717) is 19.5 Å². The fraction of sp³-hybridized carbons (Fsp3) is 0.588. The van der Waals surface area contributed by atoms with E-state index in [4.69, 9.17) is 10.5 Å². The van der Waals surface area contributed by atoms with Gasteiger partial charge >= 0.3 is 0 Å². The molecule has 1 aromatic carbocycles. The van der Waals surface area contributed by atoms with Crippen LogP contribution in [0.1, 0.15) is 38.3 Å². The van der Waals surface area contributed by atoms with E-state index in [1.54, 1.807) is 7.11 Å². The molecule has 0 aromatic heterocycles. The van der Waals surface area contributed by atoms with Crippen LogP contribution in [-0.4, -0.2) is 44.1 Å². The maximum atomic E-state index is 11.9. The van der Waals surface area contributed by atoms with E-state index < -0.39 is 0 Å². The van der Waals surface area contributed by atoms with E-state index in [0.717, 1.165) is 30.8 Å². The number of nitrogens with one attached hydrogen (secondary N) is 1. The molecule has 0 radical (unpaired) electrons. The molecule has 1 unspecified atom stereocenters. The van der Waals surface area contributed by atoms with E-state index in [9.17, 15) is 4.79 Å². The van der Waals surface area contributed by atoms with Crippen molar-refractivity contribution in [3.05, 3.63) is 29.8 Å². The molecule has 0 bridgehead atoms. The summed E-state index contributed by atoms with van der Waals surface area (Å²) in [5.41, 5.74) is 6.60. The third-order valence-electron chi connectivity index (χ3n) is 3.83. The predicted octanol–water partition coefficient (Wildman–Crippen LogP) is 1.93. The Morgan fingerprint density at radius 2 is 2.09 bits per heavy atom. The summed E-state index contributed by atoms with van der Waals surface area (Å²) in [6, 6.07) is 8.18. The molecule has 124 valence electrons. The van der Waals surface area contributed by atoms with Crippen molar-refractivity contribution in [3.8, 4) is 5.75 Å². The molecule has 5 heteroatoms. The largest absolute Gasteiger partial charge is 0.497 e. The first-order chi connectivity index (χ1) is 10.7. The van der Waals surface area contributed by atoms with Crippen molar-refractivity contribution < 1.29 is 9.53 Å². The lowest BCUT2D eigenvalue weighted by molar-refractivity contribution is -0.121. The van der Waals surface area contributed by atoms with Crippen LogP contribution in [0.5, 0.6) is 5.75 Å². The second kappa shape index (κ2) is 10.2. The Kier molecular flexibility index (Phi) is 8.55. The fourth-order valence-corrected chi connectivity index (χ4v) is 2.53. The number of amides is 1. The average molecular weight is 307 g/mol. The van der Waals surface area contributed by atoms with Crippen molar-refractivity contribution in [1.82, 2.24) is 10.2 Å². The van der Waals surface area contributed by atoms with Gasteiger partial charge in [0.1, 0.15) is 5.75 Å². The molecular weight excluding hydrogens is 278 g/mol. The van der Waals surface area contributed by atoms with Gasteiger partial charge in [0.15, 0.2) is 0 Å². The normalized spacial score (nSPS) is 12.2. The van der Waals surface area contributed by atoms with Crippen molar-refractivity contribution in [1.29, 1.82) is 0 Å². The van der Waals surface area contributed by atoms with Gasteiger partial charge in [-0.2, -0.15) is 0 Å². The number of likely N-dealkylation sites (N-methyl/N-ethyl adjacent to an activating group) is 1. The first-order valence-electron chi connectivity index (χ1n) is 8.01. The Labute approximate surface area is 133 Å². The Hall–Kier alpha value is -1.59. The third-order valence-corrected chi connectivity index (χ3v) is 3.83. The molecule has 1 aromatic rings. The molecular formula is C17H29N3O2. The molecule has 0 spiro atoms. The minimum Gasteiger partial charge on any atom is -0.497 e. The molecule has 3 N–H and O–H groups in total. The lowest BCUT2D eigenvalue weighted by atomic mass is 10.0. The number of carbonyl (C=O) groups is 1. The summed E-state index contributed by atoms with van der Waals surface area (Å²) < 4.78 is 5.31. The van der Waals surface area contributed by atoms with Gasteiger partial charge in [0.2, 0.25) is 5.91 Å². The van der Waals surface area contributed by atoms with Crippen LogP contribution < -0.4 is 15.8 Å². The maximum Gasteiger partial charge on any atom is 0.220 e. The van der Waals surface area contributed by atoms with Crippen LogP contribution in [-0.2, 0) is 4.79 Å². The third kappa shape index (κ3) is 5.66. The second-order valence-corrected chi connectivity index (χ2v) is 5.21. The number of methoxy groups -OCH3 is 1. The molecule has 22 heavy (non-hydrogen) atoms. The molecule has 0 heterocycles. The summed E-state index contributed by atoms with van der Waals surface area (Å²) in [5.74, 6) is 0.898. The highest BCUT2D eigenvalue weighted by atomic mass is 16.5. The number of hydrogen-bond donors (Lipinski definition) is 2. The summed E-state index contributed by atoms with van der Waals surface area (Å²) in [6.45, 7) is 7.26. The topological polar surface area (TPSA) is 67.6 Å². The first kappa shape index (κ1) is 18.5. The van der Waals surface area contributed by atoms with Gasteiger partial charge in [0.25, 0.3) is 0 Å². The standard InChI is InChI=1S/C17H29N3O2/c1-4-20(5-2)16(13-19-17(21)10-7-11-18)14-8-6-9-15(12-14)22-3/h6,8-9,12,16H,4-5,7,10-11,13,18H2,1-3H3,(H,19,21). The van der Waals surface area contributed by atoms with Crippen molar-refractivity contribution in [3.63, 3.8) is 0 Å². The highest BCUT2D eigenvalue weighted by Gasteiger charge is 2.19. The number of nitrogens with zero attached hydrogens (tertiary/aromatic N) is 1. The van der Waals surface area contributed by atoms with Crippen LogP contribution in [0.2, 0.25) is 0 Å². The van der Waals surface area contributed by atoms with Crippen LogP contribution in [0, 0.1) is 0 Å². The van der Waals surface area contributed by atoms with Gasteiger partial charge in [-0.3, -0.25) is 9.69 Å². The van der Waals surface area contributed by atoms with E-state index in [-0.39, 0.29) is 11.9 Å². The molecule has 1 rings (SSSR count). The van der Waals surface area contributed by atoms with Crippen molar-refractivity contribution in [2.24, 2.45) is 5.73 Å². The summed E-state index contributed by atoms with van der Waals surface area (Å²) in [6.07, 6.45) is 1.21. The fourth-order valence-electron chi connectivity index (χ4n) is 2.53. The van der Waals surface area contributed by atoms with Gasteiger partial charge in [-0.1, -0.05) is 26.0 Å². The average Bonchev–Trinajstić information content (AvgIpc) is 2.56. The predicted molar refractivity (Wildman–Crippen MR) is 90.0 cm³/mol. The number of carbonyl (C=O) groups excluding carboxylic acids is 1. The molecule has 0 saturated heterocycles. The monoisotopic (exact) mass is 307 g/mol. The Morgan fingerprint density at radius 1 is 1.36 bits per heavy atom. The molecule has 1 amide bonds. The lowest BCUT2D eigenvalue weighted by Gasteiger charge is -2.30. The summed E-state index contributed by atoms with van der Waals surface area (Å²) in [7, 11) is 1.67. The van der Waals surface area contributed by atoms with E-state index >= 15 is 0 Å². The highest BCUT2D eigenvalue weighted by Crippen LogP contribution is 2.23. The minimum absolute atomic E-state index is 0.0607. The van der Waals surface area contributed by atoms with Crippen LogP contribution in [0.25, 0.3) is 0 Å². The number of hydrogen-bond acceptors (Lipinski definition) is 4. The van der Waals surface area contributed by atoms with Gasteiger partial charge in [-0.25, -0.2) is 0 Å². The number of benzene rings is 1. The number of nitrogens with two attached hydrogens (primary N) is 1. The zero-order valence-corrected chi connectivity index (χ0v) is 14.0. The van der Waals surface area contributed by atoms with E-state index in [1.165, 1.54) is 0 Å². The van der Waals surface area contributed by atoms with Crippen molar-refractivity contribution in [2.45, 2.75) is 32.7 Å². The van der Waals surface area contributed by atoms with Gasteiger partial charge in [-0.15, -0.1) is 0 Å². The zero-order chi connectivity index (χ0) is 16.4. The molecule has 0 aliphatic carbocycles. The van der Waals surface area contributed by atoms with Gasteiger partial charge in [0.05, 0.1) is 13.2 Å². The molecule has 0 saturated carbocycles. The SMILES string of the molecule is CCN(CC)C(CNC(=O)CCCN)c1cccc(OC)c1. The second-order valence-electron chi connectivity index (χ2n) is 5.21. The van der Waals surface area contributed by atoms with Crippen LogP contribution in [0.15, 0.2) is 24.3 Å². The minimum atomic E-state index is 0.0607. The Morgan fingerprint density at radius 3 is 2.68 bits per heavy atom. The Balaban J connectivity index is 2.81. The van der Waals surface area contributed by atoms with Crippen LogP contribution >= 0.6 is 0 Å². The van der Waals surface area contributed by atoms with Crippen LogP contribution in [0.3, 0.4) is 0 Å². The Bertz CT molecular complexity index is 447. The molecule has 1 atom stereocenters. The molecule has 0 fully saturated rings. The smallest absolute Gasteiger partial charge is 0.220 e. The summed E-state index contributed by atoms with van der Waals surface area (Å²) in [4.78, 5) is 14.2. The zero-order valence-electron chi connectivity index (χ0n) is 14.0. The lowest BCUT2D eigenvalue weighted by Crippen LogP contribution is -2.38. The molecule has 0 aliphatic rings. The highest BCUT2D eigenvalue weighted by molar-refractivity contribution is 5.75. The van der Waals surface area contributed by atoms with Crippen LogP contribution in [0.4, 0.5) is 0 Å². The van der Waals surface area contributed by atoms with Gasteiger partial charge in [-0.05, 0) is 43.8 Å². The quantitative estimate of drug-likeness (QED) is 0.693. The summed E-state index contributed by atoms with van der Waals surface area (Å²) >= 11 is 0. The van der Waals surface area contributed by atoms with Crippen molar-refractivity contribution >= 4 is 5.91 Å². The van der Waals surface area contributed by atoms with Gasteiger partial charge in [0, 0.05) is 13.0 Å². The maximum absolute atomic E-state index is 11.9. The first-order valence-corrected chi connectivity index (χ1v) is 8.01. The van der Waals surface area contributed by atoms with Gasteiger partial charge < -0.3 is 15.8 Å². The van der Waals surface area contributed by atoms with E-state index in [1.807, 2.05) is 18.2 Å². The number of ether oxygens (including phenoxy) is 1. The van der Waals surface area contributed by atoms with Crippen molar-refractivity contribution in [2.75, 3.05) is 33.3 Å². The summed E-state index contributed by atoms with van der Waals surface area (Å²) in [5, 5.41) is 3.03. The molecule has 5 nitrogen and oxygen atoms in total. The molecule has 0 aliphatic heterocycles.